The average Bonchev–Trinajstić information content (AvgIpc) is 2.47. The predicted octanol–water partition coefficient (Wildman–Crippen LogP) is 3.82. The topological polar surface area (TPSA) is 20.3 Å². The Kier molecular flexibility index (Phi) is 5.77. The number of benzene rings is 1. The van der Waals surface area contributed by atoms with Gasteiger partial charge < -0.3 is 4.90 Å². The van der Waals surface area contributed by atoms with Crippen LogP contribution in [0.2, 0.25) is 0 Å². The second-order valence-corrected chi connectivity index (χ2v) is 6.29. The van der Waals surface area contributed by atoms with Crippen LogP contribution in [0.1, 0.15) is 32.6 Å². The molecule has 1 heterocycles. The molecule has 1 saturated heterocycles. The number of carbonyl (C=O) groups is 1. The summed E-state index contributed by atoms with van der Waals surface area (Å²) in [6.07, 6.45) is 4.00. The number of thioether (sulfide) groups is 1. The van der Waals surface area contributed by atoms with Crippen LogP contribution in [0, 0.1) is 5.92 Å². The first kappa shape index (κ1) is 14.4. The summed E-state index contributed by atoms with van der Waals surface area (Å²) < 4.78 is 0. The van der Waals surface area contributed by atoms with Gasteiger partial charge in [-0.05, 0) is 37.3 Å². The second-order valence-electron chi connectivity index (χ2n) is 5.20. The maximum absolute atomic E-state index is 11.8. The summed E-state index contributed by atoms with van der Waals surface area (Å²) in [7, 11) is 0. The zero-order chi connectivity index (χ0) is 13.5. The molecule has 0 aromatic heterocycles. The Morgan fingerprint density at radius 1 is 1.26 bits per heavy atom. The third-order valence-corrected chi connectivity index (χ3v) is 4.90. The number of likely N-dealkylation sites (tertiary alicyclic amines) is 1. The van der Waals surface area contributed by atoms with Crippen LogP contribution in [-0.4, -0.2) is 29.6 Å². The lowest BCUT2D eigenvalue weighted by molar-refractivity contribution is -0.132. The molecule has 0 spiro atoms. The molecule has 3 heteroatoms. The fourth-order valence-electron chi connectivity index (χ4n) is 2.45. The van der Waals surface area contributed by atoms with Crippen LogP contribution in [0.3, 0.4) is 0 Å². The first-order valence-electron chi connectivity index (χ1n) is 7.25. The van der Waals surface area contributed by atoms with Gasteiger partial charge in [-0.25, -0.2) is 0 Å². The number of carbonyl (C=O) groups excluding carboxylic acids is 1. The van der Waals surface area contributed by atoms with Gasteiger partial charge in [0.2, 0.25) is 5.91 Å². The molecule has 1 fully saturated rings. The molecule has 0 unspecified atom stereocenters. The quantitative estimate of drug-likeness (QED) is 0.763. The number of piperidine rings is 1. The van der Waals surface area contributed by atoms with E-state index in [9.17, 15) is 4.79 Å². The van der Waals surface area contributed by atoms with Crippen LogP contribution in [0.15, 0.2) is 35.2 Å². The Labute approximate surface area is 120 Å². The van der Waals surface area contributed by atoms with Gasteiger partial charge in [0.1, 0.15) is 0 Å². The Hall–Kier alpha value is -0.960. The monoisotopic (exact) mass is 277 g/mol. The van der Waals surface area contributed by atoms with Crippen molar-refractivity contribution in [2.24, 2.45) is 5.92 Å². The van der Waals surface area contributed by atoms with Crippen LogP contribution in [-0.2, 0) is 4.79 Å². The van der Waals surface area contributed by atoms with Crippen molar-refractivity contribution in [1.29, 1.82) is 0 Å². The Bertz CT molecular complexity index is 385. The lowest BCUT2D eigenvalue weighted by Crippen LogP contribution is -2.38. The minimum atomic E-state index is 0.344. The van der Waals surface area contributed by atoms with Gasteiger partial charge in [-0.3, -0.25) is 4.79 Å². The first-order valence-corrected chi connectivity index (χ1v) is 8.23. The summed E-state index contributed by atoms with van der Waals surface area (Å²) in [5, 5.41) is 0. The lowest BCUT2D eigenvalue weighted by Gasteiger charge is -2.32. The highest BCUT2D eigenvalue weighted by Crippen LogP contribution is 2.26. The third kappa shape index (κ3) is 4.57. The number of nitrogens with zero attached hydrogens (tertiary/aromatic N) is 1. The smallest absolute Gasteiger partial charge is 0.222 e. The molecule has 0 atom stereocenters. The van der Waals surface area contributed by atoms with Crippen LogP contribution >= 0.6 is 11.8 Å². The molecule has 0 aliphatic carbocycles. The molecule has 1 aliphatic rings. The van der Waals surface area contributed by atoms with Gasteiger partial charge in [0, 0.05) is 30.2 Å². The van der Waals surface area contributed by atoms with Crippen molar-refractivity contribution in [3.05, 3.63) is 30.3 Å². The summed E-state index contributed by atoms with van der Waals surface area (Å²) in [6.45, 7) is 3.98. The van der Waals surface area contributed by atoms with Gasteiger partial charge in [0.05, 0.1) is 0 Å². The minimum absolute atomic E-state index is 0.344. The largest absolute Gasteiger partial charge is 0.343 e. The predicted molar refractivity (Wildman–Crippen MR) is 81.4 cm³/mol. The number of amides is 1. The van der Waals surface area contributed by atoms with Gasteiger partial charge in [-0.1, -0.05) is 25.1 Å². The molecule has 0 N–H and O–H groups in total. The Morgan fingerprint density at radius 3 is 2.58 bits per heavy atom. The highest BCUT2D eigenvalue weighted by atomic mass is 32.2. The first-order chi connectivity index (χ1) is 9.29. The van der Waals surface area contributed by atoms with Crippen molar-refractivity contribution in [3.63, 3.8) is 0 Å². The van der Waals surface area contributed by atoms with E-state index in [-0.39, 0.29) is 0 Å². The highest BCUT2D eigenvalue weighted by molar-refractivity contribution is 7.99. The van der Waals surface area contributed by atoms with E-state index in [2.05, 4.69) is 37.3 Å². The van der Waals surface area contributed by atoms with E-state index < -0.39 is 0 Å². The van der Waals surface area contributed by atoms with E-state index in [4.69, 9.17) is 0 Å². The molecule has 1 aromatic rings. The Morgan fingerprint density at radius 2 is 1.95 bits per heavy atom. The van der Waals surface area contributed by atoms with Crippen molar-refractivity contribution >= 4 is 17.7 Å². The van der Waals surface area contributed by atoms with Crippen LogP contribution in [0.5, 0.6) is 0 Å². The highest BCUT2D eigenvalue weighted by Gasteiger charge is 2.22. The second kappa shape index (κ2) is 7.59. The molecule has 1 amide bonds. The molecule has 1 aliphatic heterocycles. The van der Waals surface area contributed by atoms with Gasteiger partial charge in [0.25, 0.3) is 0 Å². The Balaban J connectivity index is 1.70. The molecule has 1 aromatic carbocycles. The van der Waals surface area contributed by atoms with Crippen molar-refractivity contribution in [2.45, 2.75) is 37.5 Å². The molecule has 104 valence electrons. The zero-order valence-corrected chi connectivity index (χ0v) is 12.5. The number of rotatable bonds is 5. The standard InChI is InChI=1S/C16H23NOS/c1-2-6-16(18)17-11-9-14(10-12-17)13-19-15-7-4-3-5-8-15/h3-5,7-8,14H,2,6,9-13H2,1H3. The van der Waals surface area contributed by atoms with Crippen molar-refractivity contribution in [2.75, 3.05) is 18.8 Å². The maximum Gasteiger partial charge on any atom is 0.222 e. The summed E-state index contributed by atoms with van der Waals surface area (Å²) in [6, 6.07) is 10.6. The molecular weight excluding hydrogens is 254 g/mol. The van der Waals surface area contributed by atoms with Crippen LogP contribution in [0.4, 0.5) is 0 Å². The SMILES string of the molecule is CCCC(=O)N1CCC(CSc2ccccc2)CC1. The van der Waals surface area contributed by atoms with Gasteiger partial charge in [-0.15, -0.1) is 11.8 Å². The lowest BCUT2D eigenvalue weighted by atomic mass is 9.99. The third-order valence-electron chi connectivity index (χ3n) is 3.66. The molecule has 0 bridgehead atoms. The van der Waals surface area contributed by atoms with Crippen LogP contribution in [0.25, 0.3) is 0 Å². The normalized spacial score (nSPS) is 16.6. The van der Waals surface area contributed by atoms with Crippen LogP contribution < -0.4 is 0 Å². The van der Waals surface area contributed by atoms with Gasteiger partial charge in [-0.2, -0.15) is 0 Å². The summed E-state index contributed by atoms with van der Waals surface area (Å²) in [5.41, 5.74) is 0. The summed E-state index contributed by atoms with van der Waals surface area (Å²) in [5.74, 6) is 2.28. The minimum Gasteiger partial charge on any atom is -0.343 e. The number of hydrogen-bond acceptors (Lipinski definition) is 2. The summed E-state index contributed by atoms with van der Waals surface area (Å²) >= 11 is 1.94. The van der Waals surface area contributed by atoms with Crippen molar-refractivity contribution in [1.82, 2.24) is 4.90 Å². The van der Waals surface area contributed by atoms with Crippen molar-refractivity contribution < 1.29 is 4.79 Å². The molecule has 19 heavy (non-hydrogen) atoms. The van der Waals surface area contributed by atoms with Crippen molar-refractivity contribution in [3.8, 4) is 0 Å². The zero-order valence-electron chi connectivity index (χ0n) is 11.7. The fourth-order valence-corrected chi connectivity index (χ4v) is 3.56. The van der Waals surface area contributed by atoms with E-state index in [1.165, 1.54) is 10.6 Å². The summed E-state index contributed by atoms with van der Waals surface area (Å²) in [4.78, 5) is 15.2. The van der Waals surface area contributed by atoms with E-state index in [0.29, 0.717) is 12.3 Å². The molecular formula is C16H23NOS. The average molecular weight is 277 g/mol. The molecule has 0 radical (unpaired) electrons. The molecule has 0 saturated carbocycles. The van der Waals surface area contributed by atoms with E-state index in [1.807, 2.05) is 16.7 Å². The van der Waals surface area contributed by atoms with E-state index in [0.717, 1.165) is 38.3 Å². The molecule has 2 nitrogen and oxygen atoms in total. The molecule has 2 rings (SSSR count). The maximum atomic E-state index is 11.8. The number of hydrogen-bond donors (Lipinski definition) is 0. The van der Waals surface area contributed by atoms with Gasteiger partial charge in [0.15, 0.2) is 0 Å². The fraction of sp³-hybridized carbons (Fsp3) is 0.562. The van der Waals surface area contributed by atoms with Gasteiger partial charge >= 0.3 is 0 Å². The van der Waals surface area contributed by atoms with E-state index >= 15 is 0 Å². The van der Waals surface area contributed by atoms with E-state index in [1.54, 1.807) is 0 Å².